The molecule has 1 aliphatic carbocycles. The van der Waals surface area contributed by atoms with Crippen LogP contribution in [0.1, 0.15) is 58.9 Å². The summed E-state index contributed by atoms with van der Waals surface area (Å²) < 4.78 is 0. The van der Waals surface area contributed by atoms with E-state index in [0.29, 0.717) is 47.6 Å². The number of hydrogen-bond donors (Lipinski definition) is 3. The van der Waals surface area contributed by atoms with Gasteiger partial charge in [0.15, 0.2) is 0 Å². The molecule has 0 unspecified atom stereocenters. The Morgan fingerprint density at radius 3 is 2.26 bits per heavy atom. The zero-order valence-corrected chi connectivity index (χ0v) is 25.4. The number of nitrogens with zero attached hydrogens (tertiary/aromatic N) is 2. The van der Waals surface area contributed by atoms with Crippen molar-refractivity contribution in [1.29, 1.82) is 0 Å². The van der Waals surface area contributed by atoms with E-state index in [1.807, 2.05) is 89.2 Å². The van der Waals surface area contributed by atoms with Gasteiger partial charge in [0.25, 0.3) is 11.5 Å². The van der Waals surface area contributed by atoms with Gasteiger partial charge >= 0.3 is 0 Å². The molecular formula is C33H41N5O4. The van der Waals surface area contributed by atoms with Crippen molar-refractivity contribution >= 4 is 29.1 Å². The van der Waals surface area contributed by atoms with Crippen LogP contribution in [0.25, 0.3) is 11.1 Å². The van der Waals surface area contributed by atoms with Crippen molar-refractivity contribution in [2.75, 3.05) is 37.4 Å². The highest BCUT2D eigenvalue weighted by Gasteiger charge is 2.34. The Morgan fingerprint density at radius 1 is 0.976 bits per heavy atom. The molecule has 1 aliphatic rings. The predicted molar refractivity (Wildman–Crippen MR) is 167 cm³/mol. The number of rotatable bonds is 11. The Balaban J connectivity index is 1.66. The number of anilines is 2. The highest BCUT2D eigenvalue weighted by atomic mass is 16.2. The number of carbonyl (C=O) groups is 3. The third-order valence-electron chi connectivity index (χ3n) is 7.63. The number of amides is 3. The minimum atomic E-state index is -0.324. The molecule has 0 saturated heterocycles. The lowest BCUT2D eigenvalue weighted by Gasteiger charge is -2.25. The van der Waals surface area contributed by atoms with Crippen LogP contribution in [0, 0.1) is 26.7 Å². The van der Waals surface area contributed by atoms with Gasteiger partial charge in [0, 0.05) is 60.2 Å². The summed E-state index contributed by atoms with van der Waals surface area (Å²) in [4.78, 5) is 58.1. The van der Waals surface area contributed by atoms with Gasteiger partial charge in [0.1, 0.15) is 0 Å². The SMILES string of the molecule is CCN(C(=O)C1CC1)c1cc(-c2ccc(NC(=O)CCN(C)C)cc2)cc(C(=O)NCc2c(C)cc(C)[nH]c2=O)c1C. The van der Waals surface area contributed by atoms with Crippen LogP contribution in [0.3, 0.4) is 0 Å². The van der Waals surface area contributed by atoms with Gasteiger partial charge in [-0.2, -0.15) is 0 Å². The first kappa shape index (κ1) is 30.7. The molecule has 2 aromatic carbocycles. The third-order valence-corrected chi connectivity index (χ3v) is 7.63. The van der Waals surface area contributed by atoms with Gasteiger partial charge in [-0.05, 0) is 107 Å². The molecule has 0 radical (unpaired) electrons. The van der Waals surface area contributed by atoms with Crippen LogP contribution >= 0.6 is 0 Å². The molecule has 4 rings (SSSR count). The number of benzene rings is 2. The molecule has 1 heterocycles. The molecule has 0 bridgehead atoms. The van der Waals surface area contributed by atoms with Crippen LogP contribution in [0.15, 0.2) is 47.3 Å². The molecule has 3 N–H and O–H groups in total. The number of H-pyrrole nitrogens is 1. The van der Waals surface area contributed by atoms with Crippen molar-refractivity contribution in [2.45, 2.75) is 53.5 Å². The summed E-state index contributed by atoms with van der Waals surface area (Å²) in [5.41, 5.74) is 6.00. The van der Waals surface area contributed by atoms with Crippen LogP contribution < -0.4 is 21.1 Å². The van der Waals surface area contributed by atoms with E-state index in [0.717, 1.165) is 35.2 Å². The zero-order chi connectivity index (χ0) is 30.6. The van der Waals surface area contributed by atoms with Crippen LogP contribution in [0.2, 0.25) is 0 Å². The van der Waals surface area contributed by atoms with Gasteiger partial charge < -0.3 is 25.4 Å². The fourth-order valence-electron chi connectivity index (χ4n) is 5.04. The standard InChI is InChI=1S/C33H41N5O4/c1-7-38(33(42)24-8-9-24)29-18-25(23-10-12-26(13-11-23)36-30(39)14-15-37(5)6)17-27(22(29)4)31(40)34-19-28-20(2)16-21(3)35-32(28)41/h10-13,16-18,24H,7-9,14-15,19H2,1-6H3,(H,34,40)(H,35,41)(H,36,39). The highest BCUT2D eigenvalue weighted by molar-refractivity contribution is 6.03. The Morgan fingerprint density at radius 2 is 1.67 bits per heavy atom. The van der Waals surface area contributed by atoms with E-state index in [1.165, 1.54) is 0 Å². The van der Waals surface area contributed by atoms with Crippen molar-refractivity contribution in [3.05, 3.63) is 80.8 Å². The van der Waals surface area contributed by atoms with Crippen LogP contribution in [0.5, 0.6) is 0 Å². The van der Waals surface area contributed by atoms with E-state index in [2.05, 4.69) is 15.6 Å². The number of hydrogen-bond acceptors (Lipinski definition) is 5. The monoisotopic (exact) mass is 571 g/mol. The zero-order valence-electron chi connectivity index (χ0n) is 25.4. The Bertz CT molecular complexity index is 1540. The first-order valence-corrected chi connectivity index (χ1v) is 14.5. The molecule has 0 aliphatic heterocycles. The summed E-state index contributed by atoms with van der Waals surface area (Å²) in [6.45, 7) is 8.69. The Kier molecular flexibility index (Phi) is 9.63. The maximum absolute atomic E-state index is 13.6. The summed E-state index contributed by atoms with van der Waals surface area (Å²) in [7, 11) is 3.85. The van der Waals surface area contributed by atoms with Crippen molar-refractivity contribution in [1.82, 2.24) is 15.2 Å². The number of pyridine rings is 1. The quantitative estimate of drug-likeness (QED) is 0.312. The van der Waals surface area contributed by atoms with Crippen LogP contribution in [-0.4, -0.2) is 54.8 Å². The molecule has 3 amide bonds. The van der Waals surface area contributed by atoms with Crippen LogP contribution in [-0.2, 0) is 16.1 Å². The number of aromatic amines is 1. The van der Waals surface area contributed by atoms with E-state index in [4.69, 9.17) is 0 Å². The van der Waals surface area contributed by atoms with Gasteiger partial charge in [0.2, 0.25) is 11.8 Å². The predicted octanol–water partition coefficient (Wildman–Crippen LogP) is 4.55. The van der Waals surface area contributed by atoms with Gasteiger partial charge in [-0.15, -0.1) is 0 Å². The van der Waals surface area contributed by atoms with E-state index in [-0.39, 0.29) is 35.7 Å². The molecule has 1 aromatic heterocycles. The maximum atomic E-state index is 13.6. The molecule has 3 aromatic rings. The van der Waals surface area contributed by atoms with Gasteiger partial charge in [-0.1, -0.05) is 12.1 Å². The number of aromatic nitrogens is 1. The molecule has 42 heavy (non-hydrogen) atoms. The van der Waals surface area contributed by atoms with Gasteiger partial charge in [-0.3, -0.25) is 19.2 Å². The second-order valence-corrected chi connectivity index (χ2v) is 11.3. The summed E-state index contributed by atoms with van der Waals surface area (Å²) in [5.74, 6) is -0.291. The first-order valence-electron chi connectivity index (χ1n) is 14.5. The summed E-state index contributed by atoms with van der Waals surface area (Å²) in [6, 6.07) is 13.1. The highest BCUT2D eigenvalue weighted by Crippen LogP contribution is 2.36. The van der Waals surface area contributed by atoms with E-state index in [1.54, 1.807) is 4.90 Å². The van der Waals surface area contributed by atoms with Crippen molar-refractivity contribution in [3.8, 4) is 11.1 Å². The molecule has 222 valence electrons. The Hall–Kier alpha value is -4.24. The molecule has 1 fully saturated rings. The fourth-order valence-corrected chi connectivity index (χ4v) is 5.04. The first-order chi connectivity index (χ1) is 20.0. The van der Waals surface area contributed by atoms with Gasteiger partial charge in [0.05, 0.1) is 0 Å². The van der Waals surface area contributed by atoms with Crippen molar-refractivity contribution in [3.63, 3.8) is 0 Å². The second kappa shape index (κ2) is 13.2. The lowest BCUT2D eigenvalue weighted by molar-refractivity contribution is -0.119. The minimum absolute atomic E-state index is 0.0249. The van der Waals surface area contributed by atoms with Crippen LogP contribution in [0.4, 0.5) is 11.4 Å². The molecule has 9 heteroatoms. The maximum Gasteiger partial charge on any atom is 0.253 e. The average Bonchev–Trinajstić information content (AvgIpc) is 3.78. The number of carbonyl (C=O) groups excluding carboxylic acids is 3. The smallest absolute Gasteiger partial charge is 0.253 e. The topological polar surface area (TPSA) is 115 Å². The summed E-state index contributed by atoms with van der Waals surface area (Å²) in [6.07, 6.45) is 2.16. The van der Waals surface area contributed by atoms with Gasteiger partial charge in [-0.25, -0.2) is 0 Å². The molecule has 0 atom stereocenters. The number of aryl methyl sites for hydroxylation is 2. The lowest BCUT2D eigenvalue weighted by Crippen LogP contribution is -2.33. The average molecular weight is 572 g/mol. The molecular weight excluding hydrogens is 530 g/mol. The van der Waals surface area contributed by atoms with Crippen molar-refractivity contribution < 1.29 is 14.4 Å². The van der Waals surface area contributed by atoms with E-state index >= 15 is 0 Å². The normalized spacial score (nSPS) is 12.7. The third kappa shape index (κ3) is 7.33. The fraction of sp³-hybridized carbons (Fsp3) is 0.394. The summed E-state index contributed by atoms with van der Waals surface area (Å²) in [5, 5.41) is 5.84. The minimum Gasteiger partial charge on any atom is -0.348 e. The molecule has 1 saturated carbocycles. The molecule has 0 spiro atoms. The largest absolute Gasteiger partial charge is 0.348 e. The molecule has 9 nitrogen and oxygen atoms in total. The van der Waals surface area contributed by atoms with Crippen molar-refractivity contribution in [2.24, 2.45) is 5.92 Å². The summed E-state index contributed by atoms with van der Waals surface area (Å²) >= 11 is 0. The number of nitrogens with one attached hydrogen (secondary N) is 3. The second-order valence-electron chi connectivity index (χ2n) is 11.3. The van der Waals surface area contributed by atoms with E-state index in [9.17, 15) is 19.2 Å². The lowest BCUT2D eigenvalue weighted by atomic mass is 9.96. The Labute approximate surface area is 247 Å². The van der Waals surface area contributed by atoms with E-state index < -0.39 is 0 Å².